The molecule has 15 heavy (non-hydrogen) atoms. The third-order valence-electron chi connectivity index (χ3n) is 1.72. The van der Waals surface area contributed by atoms with Crippen LogP contribution in [0.1, 0.15) is 6.42 Å². The lowest BCUT2D eigenvalue weighted by Crippen LogP contribution is -2.31. The van der Waals surface area contributed by atoms with Gasteiger partial charge in [0.2, 0.25) is 0 Å². The van der Waals surface area contributed by atoms with Crippen molar-refractivity contribution < 1.29 is 18.9 Å². The maximum atomic E-state index is 5.66. The van der Waals surface area contributed by atoms with E-state index in [9.17, 15) is 0 Å². The molecule has 0 aliphatic rings. The van der Waals surface area contributed by atoms with Gasteiger partial charge in [-0.25, -0.2) is 0 Å². The van der Waals surface area contributed by atoms with Crippen LogP contribution in [-0.2, 0) is 18.9 Å². The summed E-state index contributed by atoms with van der Waals surface area (Å²) in [6, 6.07) is -0.0523. The molecule has 0 saturated carbocycles. The summed E-state index contributed by atoms with van der Waals surface area (Å²) in [6.45, 7) is 3.65. The smallest absolute Gasteiger partial charge is 0.0701 e. The highest BCUT2D eigenvalue weighted by Gasteiger charge is 2.00. The van der Waals surface area contributed by atoms with Crippen molar-refractivity contribution in [2.75, 3.05) is 53.9 Å². The van der Waals surface area contributed by atoms with Crippen LogP contribution >= 0.6 is 0 Å². The van der Waals surface area contributed by atoms with Crippen LogP contribution in [0.5, 0.6) is 0 Å². The number of nitrogens with two attached hydrogens (primary N) is 1. The second-order valence-electron chi connectivity index (χ2n) is 3.25. The van der Waals surface area contributed by atoms with Gasteiger partial charge in [0.25, 0.3) is 0 Å². The molecule has 1 atom stereocenters. The normalized spacial score (nSPS) is 13.0. The molecule has 0 saturated heterocycles. The zero-order valence-corrected chi connectivity index (χ0v) is 9.74. The summed E-state index contributed by atoms with van der Waals surface area (Å²) in [7, 11) is 3.30. The van der Waals surface area contributed by atoms with E-state index in [0.717, 1.165) is 13.0 Å². The molecule has 0 spiro atoms. The Balaban J connectivity index is 2.98. The van der Waals surface area contributed by atoms with Gasteiger partial charge < -0.3 is 24.7 Å². The zero-order valence-electron chi connectivity index (χ0n) is 9.74. The van der Waals surface area contributed by atoms with Gasteiger partial charge in [0.15, 0.2) is 0 Å². The minimum absolute atomic E-state index is 0.0523. The number of rotatable bonds is 11. The minimum atomic E-state index is -0.0523. The van der Waals surface area contributed by atoms with Crippen LogP contribution in [0.15, 0.2) is 0 Å². The van der Waals surface area contributed by atoms with Crippen LogP contribution < -0.4 is 5.73 Å². The second-order valence-corrected chi connectivity index (χ2v) is 3.25. The summed E-state index contributed by atoms with van der Waals surface area (Å²) in [5.41, 5.74) is 5.66. The first-order chi connectivity index (χ1) is 7.31. The molecule has 0 aromatic heterocycles. The van der Waals surface area contributed by atoms with Crippen LogP contribution in [0.2, 0.25) is 0 Å². The number of ether oxygens (including phenoxy) is 4. The molecule has 0 aliphatic heterocycles. The van der Waals surface area contributed by atoms with Crippen molar-refractivity contribution in [1.29, 1.82) is 0 Å². The van der Waals surface area contributed by atoms with Crippen molar-refractivity contribution in [2.45, 2.75) is 12.5 Å². The van der Waals surface area contributed by atoms with Gasteiger partial charge in [-0.3, -0.25) is 0 Å². The first-order valence-corrected chi connectivity index (χ1v) is 5.20. The van der Waals surface area contributed by atoms with Gasteiger partial charge in [-0.15, -0.1) is 0 Å². The molecule has 0 heterocycles. The fraction of sp³-hybridized carbons (Fsp3) is 1.00. The molecule has 0 amide bonds. The van der Waals surface area contributed by atoms with E-state index in [0.29, 0.717) is 33.0 Å². The Kier molecular flexibility index (Phi) is 11.7. The van der Waals surface area contributed by atoms with E-state index in [2.05, 4.69) is 0 Å². The highest BCUT2D eigenvalue weighted by molar-refractivity contribution is 4.56. The number of hydrogen-bond donors (Lipinski definition) is 1. The lowest BCUT2D eigenvalue weighted by molar-refractivity contribution is 0.0277. The largest absolute Gasteiger partial charge is 0.385 e. The Morgan fingerprint density at radius 2 is 1.60 bits per heavy atom. The first-order valence-electron chi connectivity index (χ1n) is 5.20. The Morgan fingerprint density at radius 1 is 0.867 bits per heavy atom. The average molecular weight is 221 g/mol. The third kappa shape index (κ3) is 11.7. The van der Waals surface area contributed by atoms with E-state index in [1.54, 1.807) is 14.2 Å². The van der Waals surface area contributed by atoms with Crippen LogP contribution in [0.25, 0.3) is 0 Å². The van der Waals surface area contributed by atoms with Crippen molar-refractivity contribution in [2.24, 2.45) is 5.73 Å². The fourth-order valence-corrected chi connectivity index (χ4v) is 1.02. The topological polar surface area (TPSA) is 62.9 Å². The molecular weight excluding hydrogens is 198 g/mol. The molecule has 0 aliphatic carbocycles. The second kappa shape index (κ2) is 11.9. The maximum absolute atomic E-state index is 5.66. The molecule has 5 heteroatoms. The highest BCUT2D eigenvalue weighted by atomic mass is 16.5. The van der Waals surface area contributed by atoms with E-state index in [1.165, 1.54) is 0 Å². The van der Waals surface area contributed by atoms with E-state index in [-0.39, 0.29) is 6.04 Å². The molecule has 0 bridgehead atoms. The van der Waals surface area contributed by atoms with Crippen LogP contribution in [0.4, 0.5) is 0 Å². The van der Waals surface area contributed by atoms with Crippen molar-refractivity contribution >= 4 is 0 Å². The molecule has 5 nitrogen and oxygen atoms in total. The molecule has 0 rings (SSSR count). The zero-order chi connectivity index (χ0) is 11.4. The minimum Gasteiger partial charge on any atom is -0.385 e. The van der Waals surface area contributed by atoms with E-state index in [1.807, 2.05) is 0 Å². The lowest BCUT2D eigenvalue weighted by atomic mass is 10.4. The van der Waals surface area contributed by atoms with Gasteiger partial charge in [-0.1, -0.05) is 0 Å². The van der Waals surface area contributed by atoms with Crippen LogP contribution in [-0.4, -0.2) is 59.9 Å². The summed E-state index contributed by atoms with van der Waals surface area (Å²) in [6.07, 6.45) is 0.916. The standard InChI is InChI=1S/C10H23NO4/c1-12-4-3-5-14-6-7-15-9-10(11)8-13-2/h10H,3-9,11H2,1-2H3. The molecule has 0 fully saturated rings. The van der Waals surface area contributed by atoms with E-state index in [4.69, 9.17) is 24.7 Å². The predicted octanol–water partition coefficient (Wildman–Crippen LogP) is 0.0298. The van der Waals surface area contributed by atoms with E-state index < -0.39 is 0 Å². The summed E-state index contributed by atoms with van der Waals surface area (Å²) >= 11 is 0. The van der Waals surface area contributed by atoms with Crippen molar-refractivity contribution in [1.82, 2.24) is 0 Å². The van der Waals surface area contributed by atoms with Gasteiger partial charge in [0.05, 0.1) is 32.5 Å². The number of methoxy groups -OCH3 is 2. The monoisotopic (exact) mass is 221 g/mol. The Hall–Kier alpha value is -0.200. The number of hydrogen-bond acceptors (Lipinski definition) is 5. The summed E-state index contributed by atoms with van der Waals surface area (Å²) in [5.74, 6) is 0. The summed E-state index contributed by atoms with van der Waals surface area (Å²) in [5, 5.41) is 0. The van der Waals surface area contributed by atoms with Gasteiger partial charge in [-0.2, -0.15) is 0 Å². The van der Waals surface area contributed by atoms with Crippen molar-refractivity contribution in [3.05, 3.63) is 0 Å². The van der Waals surface area contributed by atoms with Crippen molar-refractivity contribution in [3.63, 3.8) is 0 Å². The quantitative estimate of drug-likeness (QED) is 0.499. The molecule has 2 N–H and O–H groups in total. The van der Waals surface area contributed by atoms with Crippen LogP contribution in [0, 0.1) is 0 Å². The molecule has 0 aromatic rings. The van der Waals surface area contributed by atoms with Gasteiger partial charge in [-0.05, 0) is 6.42 Å². The van der Waals surface area contributed by atoms with Gasteiger partial charge in [0.1, 0.15) is 0 Å². The third-order valence-corrected chi connectivity index (χ3v) is 1.72. The molecule has 1 unspecified atom stereocenters. The Morgan fingerprint density at radius 3 is 2.27 bits per heavy atom. The van der Waals surface area contributed by atoms with Crippen molar-refractivity contribution in [3.8, 4) is 0 Å². The first kappa shape index (κ1) is 14.8. The lowest BCUT2D eigenvalue weighted by Gasteiger charge is -2.10. The average Bonchev–Trinajstić information content (AvgIpc) is 2.22. The summed E-state index contributed by atoms with van der Waals surface area (Å²) < 4.78 is 20.4. The van der Waals surface area contributed by atoms with E-state index >= 15 is 0 Å². The molecular formula is C10H23NO4. The predicted molar refractivity (Wildman–Crippen MR) is 58.0 cm³/mol. The maximum Gasteiger partial charge on any atom is 0.0701 e. The van der Waals surface area contributed by atoms with Gasteiger partial charge >= 0.3 is 0 Å². The fourth-order valence-electron chi connectivity index (χ4n) is 1.02. The Bertz CT molecular complexity index is 124. The van der Waals surface area contributed by atoms with Gasteiger partial charge in [0, 0.05) is 27.4 Å². The summed E-state index contributed by atoms with van der Waals surface area (Å²) in [4.78, 5) is 0. The molecule has 92 valence electrons. The molecule has 0 aromatic carbocycles. The highest BCUT2D eigenvalue weighted by Crippen LogP contribution is 1.86. The van der Waals surface area contributed by atoms with Crippen LogP contribution in [0.3, 0.4) is 0 Å². The SMILES string of the molecule is COCCCOCCOCC(N)COC. The molecule has 0 radical (unpaired) electrons. The Labute approximate surface area is 91.8 Å².